The van der Waals surface area contributed by atoms with Gasteiger partial charge in [0.25, 0.3) is 5.91 Å². The van der Waals surface area contributed by atoms with Crippen LogP contribution in [0.4, 0.5) is 5.82 Å². The van der Waals surface area contributed by atoms with E-state index in [1.807, 2.05) is 12.1 Å². The van der Waals surface area contributed by atoms with Gasteiger partial charge in [0.1, 0.15) is 11.5 Å². The number of anilines is 1. The number of rotatable bonds is 4. The third-order valence-corrected chi connectivity index (χ3v) is 4.17. The van der Waals surface area contributed by atoms with Gasteiger partial charge in [-0.2, -0.15) is 0 Å². The van der Waals surface area contributed by atoms with Crippen LogP contribution in [0.1, 0.15) is 35.3 Å². The van der Waals surface area contributed by atoms with Crippen molar-refractivity contribution in [2.45, 2.75) is 25.8 Å². The van der Waals surface area contributed by atoms with Crippen LogP contribution >= 0.6 is 11.6 Å². The van der Waals surface area contributed by atoms with Crippen LogP contribution in [0.2, 0.25) is 5.02 Å². The molecule has 3 rings (SSSR count). The maximum Gasteiger partial charge on any atom is 0.271 e. The molecule has 120 valence electrons. The van der Waals surface area contributed by atoms with Crippen LogP contribution < -0.4 is 10.2 Å². The lowest BCUT2D eigenvalue weighted by atomic mass is 10.1. The second-order valence-electron chi connectivity index (χ2n) is 5.62. The summed E-state index contributed by atoms with van der Waals surface area (Å²) in [4.78, 5) is 23.0. The Labute approximate surface area is 140 Å². The van der Waals surface area contributed by atoms with Gasteiger partial charge in [-0.15, -0.1) is 0 Å². The van der Waals surface area contributed by atoms with E-state index in [0.717, 1.165) is 24.5 Å². The average Bonchev–Trinajstić information content (AvgIpc) is 2.62. The van der Waals surface area contributed by atoms with E-state index in [2.05, 4.69) is 20.2 Å². The Morgan fingerprint density at radius 2 is 1.83 bits per heavy atom. The largest absolute Gasteiger partial charge is 0.355 e. The highest BCUT2D eigenvalue weighted by Crippen LogP contribution is 2.16. The molecule has 2 aromatic rings. The average molecular weight is 331 g/mol. The third kappa shape index (κ3) is 4.20. The van der Waals surface area contributed by atoms with Crippen molar-refractivity contribution in [2.24, 2.45) is 0 Å². The van der Waals surface area contributed by atoms with E-state index in [0.29, 0.717) is 17.3 Å². The van der Waals surface area contributed by atoms with Crippen molar-refractivity contribution in [1.29, 1.82) is 0 Å². The SMILES string of the molecule is O=C(NCc1ccc(Cl)cc1)c1cnc(N2CCCCC2)cn1. The van der Waals surface area contributed by atoms with E-state index in [4.69, 9.17) is 11.6 Å². The Hall–Kier alpha value is -2.14. The second-order valence-corrected chi connectivity index (χ2v) is 6.05. The Balaban J connectivity index is 1.57. The number of hydrogen-bond donors (Lipinski definition) is 1. The molecule has 23 heavy (non-hydrogen) atoms. The van der Waals surface area contributed by atoms with E-state index in [1.165, 1.54) is 19.3 Å². The number of nitrogens with zero attached hydrogens (tertiary/aromatic N) is 3. The molecule has 0 bridgehead atoms. The van der Waals surface area contributed by atoms with Crippen LogP contribution in [-0.2, 0) is 6.54 Å². The number of hydrogen-bond acceptors (Lipinski definition) is 4. The highest BCUT2D eigenvalue weighted by molar-refractivity contribution is 6.30. The maximum absolute atomic E-state index is 12.1. The molecule has 1 aliphatic heterocycles. The van der Waals surface area contributed by atoms with E-state index in [-0.39, 0.29) is 5.91 Å². The van der Waals surface area contributed by atoms with Gasteiger partial charge < -0.3 is 10.2 Å². The molecule has 6 heteroatoms. The number of carbonyl (C=O) groups excluding carboxylic acids is 1. The highest BCUT2D eigenvalue weighted by Gasteiger charge is 2.14. The van der Waals surface area contributed by atoms with Crippen molar-refractivity contribution in [2.75, 3.05) is 18.0 Å². The number of nitrogens with one attached hydrogen (secondary N) is 1. The van der Waals surface area contributed by atoms with Crippen molar-refractivity contribution in [1.82, 2.24) is 15.3 Å². The lowest BCUT2D eigenvalue weighted by Gasteiger charge is -2.27. The number of aromatic nitrogens is 2. The highest BCUT2D eigenvalue weighted by atomic mass is 35.5. The zero-order valence-corrected chi connectivity index (χ0v) is 13.6. The molecule has 5 nitrogen and oxygen atoms in total. The number of benzene rings is 1. The molecule has 0 saturated carbocycles. The zero-order valence-electron chi connectivity index (χ0n) is 12.8. The molecule has 1 saturated heterocycles. The molecular formula is C17H19ClN4O. The quantitative estimate of drug-likeness (QED) is 0.936. The van der Waals surface area contributed by atoms with E-state index in [9.17, 15) is 4.79 Å². The minimum atomic E-state index is -0.224. The van der Waals surface area contributed by atoms with Crippen LogP contribution in [-0.4, -0.2) is 29.0 Å². The summed E-state index contributed by atoms with van der Waals surface area (Å²) in [6.07, 6.45) is 6.87. The predicted octanol–water partition coefficient (Wildman–Crippen LogP) is 3.05. The summed E-state index contributed by atoms with van der Waals surface area (Å²) < 4.78 is 0. The van der Waals surface area contributed by atoms with E-state index in [1.54, 1.807) is 24.5 Å². The smallest absolute Gasteiger partial charge is 0.271 e. The van der Waals surface area contributed by atoms with E-state index < -0.39 is 0 Å². The fourth-order valence-corrected chi connectivity index (χ4v) is 2.73. The van der Waals surface area contributed by atoms with Crippen LogP contribution in [0.25, 0.3) is 0 Å². The molecule has 1 aliphatic rings. The fourth-order valence-electron chi connectivity index (χ4n) is 2.60. The maximum atomic E-state index is 12.1. The van der Waals surface area contributed by atoms with Crippen LogP contribution in [0, 0.1) is 0 Å². The number of piperidine rings is 1. The standard InChI is InChI=1S/C17H19ClN4O/c18-14-6-4-13(5-7-14)10-21-17(23)15-11-20-16(12-19-15)22-8-2-1-3-9-22/h4-7,11-12H,1-3,8-10H2,(H,21,23). The van der Waals surface area contributed by atoms with Gasteiger partial charge in [-0.1, -0.05) is 23.7 Å². The molecular weight excluding hydrogens is 312 g/mol. The fraction of sp³-hybridized carbons (Fsp3) is 0.353. The van der Waals surface area contributed by atoms with Gasteiger partial charge in [0, 0.05) is 24.7 Å². The van der Waals surface area contributed by atoms with Gasteiger partial charge in [0.15, 0.2) is 0 Å². The first-order valence-corrected chi connectivity index (χ1v) is 8.20. The summed E-state index contributed by atoms with van der Waals surface area (Å²) in [7, 11) is 0. The molecule has 1 aromatic carbocycles. The first-order valence-electron chi connectivity index (χ1n) is 7.82. The molecule has 1 aromatic heterocycles. The molecule has 0 unspecified atom stereocenters. The Morgan fingerprint density at radius 3 is 2.48 bits per heavy atom. The van der Waals surface area contributed by atoms with Gasteiger partial charge in [0.2, 0.25) is 0 Å². The summed E-state index contributed by atoms with van der Waals surface area (Å²) in [6, 6.07) is 7.37. The molecule has 0 radical (unpaired) electrons. The number of halogens is 1. The molecule has 1 amide bonds. The van der Waals surface area contributed by atoms with E-state index >= 15 is 0 Å². The first-order chi connectivity index (χ1) is 11.2. The molecule has 2 heterocycles. The summed E-state index contributed by atoms with van der Waals surface area (Å²) >= 11 is 5.84. The van der Waals surface area contributed by atoms with Crippen molar-refractivity contribution >= 4 is 23.3 Å². The second kappa shape index (κ2) is 7.42. The molecule has 1 N–H and O–H groups in total. The molecule has 0 aliphatic carbocycles. The number of amides is 1. The first kappa shape index (κ1) is 15.7. The van der Waals surface area contributed by atoms with Gasteiger partial charge in [-0.25, -0.2) is 9.97 Å². The summed E-state index contributed by atoms with van der Waals surface area (Å²) in [5.74, 6) is 0.622. The van der Waals surface area contributed by atoms with Gasteiger partial charge in [0.05, 0.1) is 12.4 Å². The zero-order chi connectivity index (χ0) is 16.1. The van der Waals surface area contributed by atoms with Crippen LogP contribution in [0.3, 0.4) is 0 Å². The van der Waals surface area contributed by atoms with Crippen LogP contribution in [0.5, 0.6) is 0 Å². The minimum absolute atomic E-state index is 0.224. The molecule has 0 spiro atoms. The molecule has 0 atom stereocenters. The normalized spacial score (nSPS) is 14.6. The van der Waals surface area contributed by atoms with Crippen molar-refractivity contribution in [3.05, 3.63) is 52.9 Å². The lowest BCUT2D eigenvalue weighted by Crippen LogP contribution is -2.30. The molecule has 1 fully saturated rings. The Kier molecular flexibility index (Phi) is 5.08. The monoisotopic (exact) mass is 330 g/mol. The van der Waals surface area contributed by atoms with Gasteiger partial charge in [-0.05, 0) is 37.0 Å². The number of carbonyl (C=O) groups is 1. The van der Waals surface area contributed by atoms with Crippen molar-refractivity contribution in [3.63, 3.8) is 0 Å². The summed E-state index contributed by atoms with van der Waals surface area (Å²) in [6.45, 7) is 2.46. The third-order valence-electron chi connectivity index (χ3n) is 3.92. The summed E-state index contributed by atoms with van der Waals surface area (Å²) in [5, 5.41) is 3.52. The summed E-state index contributed by atoms with van der Waals surface area (Å²) in [5.41, 5.74) is 1.32. The Morgan fingerprint density at radius 1 is 1.09 bits per heavy atom. The van der Waals surface area contributed by atoms with Crippen LogP contribution in [0.15, 0.2) is 36.7 Å². The van der Waals surface area contributed by atoms with Crippen molar-refractivity contribution < 1.29 is 4.79 Å². The van der Waals surface area contributed by atoms with Gasteiger partial charge >= 0.3 is 0 Å². The topological polar surface area (TPSA) is 58.1 Å². The van der Waals surface area contributed by atoms with Crippen molar-refractivity contribution in [3.8, 4) is 0 Å². The minimum Gasteiger partial charge on any atom is -0.355 e. The lowest BCUT2D eigenvalue weighted by molar-refractivity contribution is 0.0945. The predicted molar refractivity (Wildman–Crippen MR) is 90.7 cm³/mol. The Bertz CT molecular complexity index is 651. The van der Waals surface area contributed by atoms with Gasteiger partial charge in [-0.3, -0.25) is 4.79 Å².